The smallest absolute Gasteiger partial charge is 0.0224 e. The molecular weight excluding hydrogens is 163 g/mol. The zero-order valence-electron chi connectivity index (χ0n) is 7.33. The van der Waals surface area contributed by atoms with Crippen molar-refractivity contribution in [2.75, 3.05) is 12.8 Å². The summed E-state index contributed by atoms with van der Waals surface area (Å²) in [5, 5.41) is 0. The summed E-state index contributed by atoms with van der Waals surface area (Å²) in [5.41, 5.74) is 2.98. The average Bonchev–Trinajstić information content (AvgIpc) is 2.54. The molecule has 0 spiro atoms. The molecule has 0 aliphatic carbocycles. The van der Waals surface area contributed by atoms with Crippen molar-refractivity contribution in [2.24, 2.45) is 0 Å². The van der Waals surface area contributed by atoms with Crippen LogP contribution in [-0.2, 0) is 0 Å². The highest BCUT2D eigenvalue weighted by Crippen LogP contribution is 2.45. The van der Waals surface area contributed by atoms with E-state index in [4.69, 9.17) is 0 Å². The molecule has 0 bridgehead atoms. The van der Waals surface area contributed by atoms with Gasteiger partial charge in [-0.2, -0.15) is 0 Å². The molecule has 0 fully saturated rings. The van der Waals surface area contributed by atoms with Crippen LogP contribution >= 0.6 is 7.92 Å². The highest BCUT2D eigenvalue weighted by Gasteiger charge is 2.11. The molecule has 1 heterocycles. The van der Waals surface area contributed by atoms with Crippen LogP contribution in [0.3, 0.4) is 0 Å². The standard InChI is InChI=1S/C11H13P/c1-12-8-7-11(9-12)10-5-3-2-4-6-10/h2-6,9H,7-8H2,1H3. The van der Waals surface area contributed by atoms with Gasteiger partial charge < -0.3 is 0 Å². The molecule has 0 amide bonds. The number of hydrogen-bond donors (Lipinski definition) is 0. The van der Waals surface area contributed by atoms with Gasteiger partial charge in [-0.15, -0.1) is 0 Å². The fraction of sp³-hybridized carbons (Fsp3) is 0.273. The predicted molar refractivity (Wildman–Crippen MR) is 56.7 cm³/mol. The van der Waals surface area contributed by atoms with Crippen LogP contribution in [0.4, 0.5) is 0 Å². The first kappa shape index (κ1) is 8.01. The molecule has 0 saturated heterocycles. The molecule has 0 nitrogen and oxygen atoms in total. The van der Waals surface area contributed by atoms with Gasteiger partial charge in [-0.25, -0.2) is 0 Å². The van der Waals surface area contributed by atoms with Crippen molar-refractivity contribution in [3.63, 3.8) is 0 Å². The van der Waals surface area contributed by atoms with E-state index in [-0.39, 0.29) is 7.92 Å². The van der Waals surface area contributed by atoms with E-state index >= 15 is 0 Å². The third kappa shape index (κ3) is 1.59. The molecule has 0 radical (unpaired) electrons. The second kappa shape index (κ2) is 3.41. The zero-order chi connectivity index (χ0) is 8.39. The minimum Gasteiger partial charge on any atom is -0.0858 e. The van der Waals surface area contributed by atoms with E-state index in [1.807, 2.05) is 0 Å². The Bertz CT molecular complexity index is 287. The second-order valence-electron chi connectivity index (χ2n) is 3.25. The Morgan fingerprint density at radius 1 is 1.17 bits per heavy atom. The fourth-order valence-electron chi connectivity index (χ4n) is 1.56. The van der Waals surface area contributed by atoms with Gasteiger partial charge in [-0.05, 0) is 30.4 Å². The van der Waals surface area contributed by atoms with Crippen LogP contribution in [0.15, 0.2) is 36.1 Å². The maximum atomic E-state index is 2.46. The molecule has 0 aromatic heterocycles. The molecule has 1 aromatic carbocycles. The lowest BCUT2D eigenvalue weighted by Crippen LogP contribution is -1.79. The molecular formula is C11H13P. The van der Waals surface area contributed by atoms with Gasteiger partial charge in [0.15, 0.2) is 0 Å². The predicted octanol–water partition coefficient (Wildman–Crippen LogP) is 3.54. The van der Waals surface area contributed by atoms with Crippen LogP contribution < -0.4 is 0 Å². The SMILES string of the molecule is CP1C=C(c2ccccc2)CC1. The summed E-state index contributed by atoms with van der Waals surface area (Å²) in [6.45, 7) is 2.35. The van der Waals surface area contributed by atoms with E-state index in [1.165, 1.54) is 18.1 Å². The minimum absolute atomic E-state index is 0.210. The second-order valence-corrected chi connectivity index (χ2v) is 5.47. The van der Waals surface area contributed by atoms with Gasteiger partial charge in [0.1, 0.15) is 0 Å². The normalized spacial score (nSPS) is 22.4. The summed E-state index contributed by atoms with van der Waals surface area (Å²) in [6.07, 6.45) is 2.67. The first-order valence-corrected chi connectivity index (χ1v) is 6.37. The first-order valence-electron chi connectivity index (χ1n) is 4.32. The van der Waals surface area contributed by atoms with Crippen LogP contribution in [0.2, 0.25) is 0 Å². The van der Waals surface area contributed by atoms with Crippen molar-refractivity contribution < 1.29 is 0 Å². The van der Waals surface area contributed by atoms with Crippen molar-refractivity contribution in [3.05, 3.63) is 41.7 Å². The Morgan fingerprint density at radius 3 is 2.50 bits per heavy atom. The van der Waals surface area contributed by atoms with Gasteiger partial charge in [0.05, 0.1) is 0 Å². The average molecular weight is 176 g/mol. The monoisotopic (exact) mass is 176 g/mol. The van der Waals surface area contributed by atoms with Gasteiger partial charge in [-0.3, -0.25) is 0 Å². The van der Waals surface area contributed by atoms with E-state index in [2.05, 4.69) is 42.8 Å². The van der Waals surface area contributed by atoms with Crippen LogP contribution in [0, 0.1) is 0 Å². The minimum atomic E-state index is 0.210. The highest BCUT2D eigenvalue weighted by atomic mass is 31.1. The third-order valence-corrected chi connectivity index (χ3v) is 3.94. The van der Waals surface area contributed by atoms with E-state index in [9.17, 15) is 0 Å². The molecule has 1 aliphatic rings. The quantitative estimate of drug-likeness (QED) is 0.574. The van der Waals surface area contributed by atoms with Gasteiger partial charge >= 0.3 is 0 Å². The topological polar surface area (TPSA) is 0 Å². The molecule has 1 aliphatic heterocycles. The lowest BCUT2D eigenvalue weighted by molar-refractivity contribution is 1.28. The fourth-order valence-corrected chi connectivity index (χ4v) is 3.10. The maximum Gasteiger partial charge on any atom is -0.0224 e. The van der Waals surface area contributed by atoms with Crippen molar-refractivity contribution in [3.8, 4) is 0 Å². The molecule has 1 aromatic rings. The number of allylic oxidation sites excluding steroid dienone is 1. The summed E-state index contributed by atoms with van der Waals surface area (Å²) in [6, 6.07) is 10.7. The molecule has 62 valence electrons. The molecule has 1 atom stereocenters. The van der Waals surface area contributed by atoms with Crippen molar-refractivity contribution in [2.45, 2.75) is 6.42 Å². The largest absolute Gasteiger partial charge is 0.0858 e. The van der Waals surface area contributed by atoms with Crippen LogP contribution in [0.1, 0.15) is 12.0 Å². The number of hydrogen-bond acceptors (Lipinski definition) is 0. The van der Waals surface area contributed by atoms with Gasteiger partial charge in [-0.1, -0.05) is 44.1 Å². The lowest BCUT2D eigenvalue weighted by Gasteiger charge is -1.98. The Morgan fingerprint density at radius 2 is 1.92 bits per heavy atom. The Kier molecular flexibility index (Phi) is 2.28. The van der Waals surface area contributed by atoms with Crippen molar-refractivity contribution in [1.29, 1.82) is 0 Å². The lowest BCUT2D eigenvalue weighted by atomic mass is 10.1. The molecule has 12 heavy (non-hydrogen) atoms. The van der Waals surface area contributed by atoms with Crippen LogP contribution in [0.5, 0.6) is 0 Å². The van der Waals surface area contributed by atoms with Gasteiger partial charge in [0.2, 0.25) is 0 Å². The Labute approximate surface area is 75.1 Å². The van der Waals surface area contributed by atoms with Gasteiger partial charge in [0.25, 0.3) is 0 Å². The maximum absolute atomic E-state index is 2.46. The Hall–Kier alpha value is -0.610. The van der Waals surface area contributed by atoms with E-state index in [0.717, 1.165) is 0 Å². The van der Waals surface area contributed by atoms with E-state index < -0.39 is 0 Å². The summed E-state index contributed by atoms with van der Waals surface area (Å²) >= 11 is 0. The van der Waals surface area contributed by atoms with Crippen molar-refractivity contribution >= 4 is 13.5 Å². The highest BCUT2D eigenvalue weighted by molar-refractivity contribution is 7.60. The first-order chi connectivity index (χ1) is 5.86. The molecule has 2 rings (SSSR count). The summed E-state index contributed by atoms with van der Waals surface area (Å²) < 4.78 is 0. The van der Waals surface area contributed by atoms with Crippen LogP contribution in [-0.4, -0.2) is 12.8 Å². The molecule has 0 saturated carbocycles. The van der Waals surface area contributed by atoms with Gasteiger partial charge in [0, 0.05) is 0 Å². The summed E-state index contributed by atoms with van der Waals surface area (Å²) in [5.74, 6) is 2.46. The number of rotatable bonds is 1. The molecule has 0 N–H and O–H groups in total. The Balaban J connectivity index is 2.27. The molecule has 1 unspecified atom stereocenters. The number of benzene rings is 1. The van der Waals surface area contributed by atoms with Crippen molar-refractivity contribution in [1.82, 2.24) is 0 Å². The van der Waals surface area contributed by atoms with E-state index in [1.54, 1.807) is 5.57 Å². The molecule has 1 heteroatoms. The zero-order valence-corrected chi connectivity index (χ0v) is 8.22. The third-order valence-electron chi connectivity index (χ3n) is 2.25. The van der Waals surface area contributed by atoms with Crippen LogP contribution in [0.25, 0.3) is 5.57 Å². The summed E-state index contributed by atoms with van der Waals surface area (Å²) in [4.78, 5) is 0. The summed E-state index contributed by atoms with van der Waals surface area (Å²) in [7, 11) is 0.210. The van der Waals surface area contributed by atoms with E-state index in [0.29, 0.717) is 0 Å².